The fraction of sp³-hybridized carbons (Fsp3) is 0.500. The van der Waals surface area contributed by atoms with E-state index < -0.39 is 0 Å². The molecule has 1 saturated carbocycles. The number of carbonyl (C=O) groups is 1. The zero-order chi connectivity index (χ0) is 12.4. The van der Waals surface area contributed by atoms with E-state index in [0.29, 0.717) is 11.1 Å². The second kappa shape index (κ2) is 5.19. The summed E-state index contributed by atoms with van der Waals surface area (Å²) < 4.78 is 0. The molecule has 1 unspecified atom stereocenters. The highest BCUT2D eigenvalue weighted by Gasteiger charge is 2.33. The van der Waals surface area contributed by atoms with Gasteiger partial charge in [0.15, 0.2) is 5.78 Å². The Morgan fingerprint density at radius 3 is 2.47 bits per heavy atom. The Kier molecular flexibility index (Phi) is 3.85. The van der Waals surface area contributed by atoms with Gasteiger partial charge in [0, 0.05) is 16.6 Å². The number of carbonyl (C=O) groups excluding carboxylic acids is 1. The van der Waals surface area contributed by atoms with Gasteiger partial charge >= 0.3 is 0 Å². The summed E-state index contributed by atoms with van der Waals surface area (Å²) in [6, 6.07) is 7.74. The fourth-order valence-corrected chi connectivity index (χ4v) is 2.39. The first-order chi connectivity index (χ1) is 8.13. The molecule has 1 aliphatic carbocycles. The van der Waals surface area contributed by atoms with E-state index in [1.54, 1.807) is 12.1 Å². The van der Waals surface area contributed by atoms with Crippen LogP contribution in [0.25, 0.3) is 0 Å². The third kappa shape index (κ3) is 2.88. The van der Waals surface area contributed by atoms with Crippen molar-refractivity contribution < 1.29 is 4.79 Å². The summed E-state index contributed by atoms with van der Waals surface area (Å²) in [6.45, 7) is 5.05. The van der Waals surface area contributed by atoms with Crippen LogP contribution >= 0.6 is 11.6 Å². The molecule has 1 aromatic rings. The summed E-state index contributed by atoms with van der Waals surface area (Å²) in [5.41, 5.74) is 0.751. The molecule has 1 fully saturated rings. The summed E-state index contributed by atoms with van der Waals surface area (Å²) in [7, 11) is 0. The minimum atomic E-state index is -0.0336. The van der Waals surface area contributed by atoms with Crippen molar-refractivity contribution in [3.05, 3.63) is 34.9 Å². The highest BCUT2D eigenvalue weighted by atomic mass is 35.5. The van der Waals surface area contributed by atoms with Crippen molar-refractivity contribution >= 4 is 17.4 Å². The lowest BCUT2D eigenvalue weighted by molar-refractivity contribution is 0.0834. The third-order valence-electron chi connectivity index (χ3n) is 3.39. The molecule has 17 heavy (non-hydrogen) atoms. The molecule has 1 aliphatic rings. The first-order valence-electron chi connectivity index (χ1n) is 6.19. The summed E-state index contributed by atoms with van der Waals surface area (Å²) in [5, 5.41) is 0.670. The number of halogens is 1. The van der Waals surface area contributed by atoms with Gasteiger partial charge in [0.1, 0.15) is 0 Å². The number of nitrogens with zero attached hydrogens (tertiary/aromatic N) is 1. The number of likely N-dealkylation sites (N-methyl/N-ethyl adjacent to an activating group) is 1. The molecule has 0 heterocycles. The van der Waals surface area contributed by atoms with E-state index in [-0.39, 0.29) is 11.8 Å². The molecular formula is C14H18ClNO. The first-order valence-corrected chi connectivity index (χ1v) is 6.56. The number of benzene rings is 1. The van der Waals surface area contributed by atoms with Crippen LogP contribution in [0.15, 0.2) is 24.3 Å². The molecule has 2 rings (SSSR count). The van der Waals surface area contributed by atoms with Crippen LogP contribution in [-0.2, 0) is 0 Å². The van der Waals surface area contributed by atoms with Crippen LogP contribution in [0.5, 0.6) is 0 Å². The summed E-state index contributed by atoms with van der Waals surface area (Å²) in [5.74, 6) is 0.190. The number of Topliss-reactive ketones (excluding diaryl/α,β-unsaturated/α-hetero) is 1. The molecule has 92 valence electrons. The lowest BCUT2D eigenvalue weighted by Crippen LogP contribution is -2.40. The van der Waals surface area contributed by atoms with E-state index in [2.05, 4.69) is 11.8 Å². The number of hydrogen-bond acceptors (Lipinski definition) is 2. The van der Waals surface area contributed by atoms with Crippen LogP contribution in [0.1, 0.15) is 37.0 Å². The Morgan fingerprint density at radius 1 is 1.41 bits per heavy atom. The Morgan fingerprint density at radius 2 is 2.00 bits per heavy atom. The van der Waals surface area contributed by atoms with E-state index in [4.69, 9.17) is 11.6 Å². The molecule has 1 aromatic carbocycles. The summed E-state index contributed by atoms with van der Waals surface area (Å²) >= 11 is 5.82. The van der Waals surface area contributed by atoms with Crippen molar-refractivity contribution in [2.45, 2.75) is 38.8 Å². The molecular weight excluding hydrogens is 234 g/mol. The second-order valence-corrected chi connectivity index (χ2v) is 5.05. The maximum Gasteiger partial charge on any atom is 0.179 e. The predicted molar refractivity (Wildman–Crippen MR) is 70.6 cm³/mol. The van der Waals surface area contributed by atoms with Gasteiger partial charge in [-0.3, -0.25) is 9.69 Å². The van der Waals surface area contributed by atoms with Gasteiger partial charge in [0.2, 0.25) is 0 Å². The molecule has 3 heteroatoms. The highest BCUT2D eigenvalue weighted by molar-refractivity contribution is 6.30. The molecule has 1 atom stereocenters. The molecule has 0 bridgehead atoms. The lowest BCUT2D eigenvalue weighted by Gasteiger charge is -2.26. The fourth-order valence-electron chi connectivity index (χ4n) is 2.26. The lowest BCUT2D eigenvalue weighted by atomic mass is 10.0. The molecule has 0 aliphatic heterocycles. The number of ketones is 1. The Hall–Kier alpha value is -0.860. The van der Waals surface area contributed by atoms with Gasteiger partial charge in [-0.25, -0.2) is 0 Å². The minimum absolute atomic E-state index is 0.0336. The van der Waals surface area contributed by atoms with E-state index in [0.717, 1.165) is 12.1 Å². The highest BCUT2D eigenvalue weighted by Crippen LogP contribution is 2.29. The zero-order valence-electron chi connectivity index (χ0n) is 10.3. The molecule has 0 aromatic heterocycles. The average molecular weight is 252 g/mol. The van der Waals surface area contributed by atoms with E-state index in [1.165, 1.54) is 12.8 Å². The Bertz CT molecular complexity index is 397. The van der Waals surface area contributed by atoms with Crippen LogP contribution < -0.4 is 0 Å². The van der Waals surface area contributed by atoms with Crippen molar-refractivity contribution in [3.63, 3.8) is 0 Å². The normalized spacial score (nSPS) is 17.2. The van der Waals surface area contributed by atoms with Crippen LogP contribution in [0, 0.1) is 0 Å². The van der Waals surface area contributed by atoms with Gasteiger partial charge in [-0.15, -0.1) is 0 Å². The molecule has 0 saturated heterocycles. The molecule has 0 spiro atoms. The van der Waals surface area contributed by atoms with Crippen LogP contribution in [0.3, 0.4) is 0 Å². The van der Waals surface area contributed by atoms with Crippen molar-refractivity contribution in [3.8, 4) is 0 Å². The largest absolute Gasteiger partial charge is 0.292 e. The molecule has 0 amide bonds. The van der Waals surface area contributed by atoms with E-state index in [9.17, 15) is 4.79 Å². The number of rotatable bonds is 5. The molecule has 0 N–H and O–H groups in total. The van der Waals surface area contributed by atoms with Crippen molar-refractivity contribution in [1.29, 1.82) is 0 Å². The van der Waals surface area contributed by atoms with Crippen molar-refractivity contribution in [2.24, 2.45) is 0 Å². The number of hydrogen-bond donors (Lipinski definition) is 0. The first kappa shape index (κ1) is 12.6. The maximum atomic E-state index is 12.3. The quantitative estimate of drug-likeness (QED) is 0.748. The standard InChI is InChI=1S/C14H18ClNO/c1-3-16(13-8-9-13)10(2)14(17)11-4-6-12(15)7-5-11/h4-7,10,13H,3,8-9H2,1-2H3. The minimum Gasteiger partial charge on any atom is -0.292 e. The van der Waals surface area contributed by atoms with Gasteiger partial charge in [0.25, 0.3) is 0 Å². The van der Waals surface area contributed by atoms with Gasteiger partial charge in [0.05, 0.1) is 6.04 Å². The van der Waals surface area contributed by atoms with Gasteiger partial charge in [-0.2, -0.15) is 0 Å². The summed E-state index contributed by atoms with van der Waals surface area (Å²) in [6.07, 6.45) is 2.46. The van der Waals surface area contributed by atoms with Crippen molar-refractivity contribution in [2.75, 3.05) is 6.54 Å². The smallest absolute Gasteiger partial charge is 0.179 e. The Labute approximate surface area is 108 Å². The van der Waals surface area contributed by atoms with Gasteiger partial charge in [-0.1, -0.05) is 18.5 Å². The molecule has 0 radical (unpaired) electrons. The predicted octanol–water partition coefficient (Wildman–Crippen LogP) is 3.40. The van der Waals surface area contributed by atoms with Gasteiger partial charge < -0.3 is 0 Å². The maximum absolute atomic E-state index is 12.3. The van der Waals surface area contributed by atoms with E-state index >= 15 is 0 Å². The SMILES string of the molecule is CCN(C1CC1)C(C)C(=O)c1ccc(Cl)cc1. The zero-order valence-corrected chi connectivity index (χ0v) is 11.1. The van der Waals surface area contributed by atoms with Crippen LogP contribution in [0.2, 0.25) is 5.02 Å². The van der Waals surface area contributed by atoms with Crippen LogP contribution in [-0.4, -0.2) is 29.3 Å². The van der Waals surface area contributed by atoms with E-state index in [1.807, 2.05) is 19.1 Å². The third-order valence-corrected chi connectivity index (χ3v) is 3.64. The second-order valence-electron chi connectivity index (χ2n) is 4.61. The van der Waals surface area contributed by atoms with Gasteiger partial charge in [-0.05, 0) is 50.6 Å². The average Bonchev–Trinajstić information content (AvgIpc) is 3.14. The monoisotopic (exact) mass is 251 g/mol. The van der Waals surface area contributed by atoms with Crippen LogP contribution in [0.4, 0.5) is 0 Å². The Balaban J connectivity index is 2.10. The summed E-state index contributed by atoms with van der Waals surface area (Å²) in [4.78, 5) is 14.6. The van der Waals surface area contributed by atoms with Crippen molar-refractivity contribution in [1.82, 2.24) is 4.90 Å². The topological polar surface area (TPSA) is 20.3 Å². The molecule has 2 nitrogen and oxygen atoms in total.